The van der Waals surface area contributed by atoms with E-state index < -0.39 is 0 Å². The van der Waals surface area contributed by atoms with E-state index in [0.29, 0.717) is 5.92 Å². The molecule has 0 heterocycles. The van der Waals surface area contributed by atoms with E-state index in [1.807, 2.05) is 0 Å². The highest BCUT2D eigenvalue weighted by molar-refractivity contribution is 5.00. The molecule has 0 aliphatic heterocycles. The van der Waals surface area contributed by atoms with Crippen molar-refractivity contribution in [3.05, 3.63) is 0 Å². The molecule has 0 aromatic heterocycles. The van der Waals surface area contributed by atoms with E-state index in [2.05, 4.69) is 46.5 Å². The van der Waals surface area contributed by atoms with Crippen LogP contribution in [-0.2, 0) is 0 Å². The largest absolute Gasteiger partial charge is 0.103 e. The first-order chi connectivity index (χ1) is 6.04. The minimum Gasteiger partial charge on any atom is -0.103 e. The Balaban J connectivity index is 3.42. The molecule has 0 aromatic rings. The summed E-state index contributed by atoms with van der Waals surface area (Å²) < 4.78 is 0. The van der Waals surface area contributed by atoms with Crippen LogP contribution in [0.2, 0.25) is 0 Å². The molecule has 0 saturated heterocycles. The summed E-state index contributed by atoms with van der Waals surface area (Å²) >= 11 is 0. The van der Waals surface area contributed by atoms with Crippen molar-refractivity contribution < 1.29 is 0 Å². The molecule has 0 aliphatic rings. The van der Waals surface area contributed by atoms with Crippen molar-refractivity contribution in [2.24, 2.45) is 17.8 Å². The lowest BCUT2D eigenvalue weighted by Gasteiger charge is -2.13. The maximum atomic E-state index is 3.23. The molecule has 0 fully saturated rings. The number of unbranched alkanes of at least 4 members (excludes halogenated alkanes) is 1. The summed E-state index contributed by atoms with van der Waals surface area (Å²) in [6, 6.07) is 0. The summed E-state index contributed by atoms with van der Waals surface area (Å²) in [5.41, 5.74) is 0. The van der Waals surface area contributed by atoms with E-state index in [4.69, 9.17) is 0 Å². The SMILES string of the molecule is CC(C)C#CCCC[C@@H](C)C(C)C. The molecule has 0 bridgehead atoms. The molecular weight excluding hydrogens is 156 g/mol. The van der Waals surface area contributed by atoms with Gasteiger partial charge in [0, 0.05) is 12.3 Å². The second-order valence-electron chi connectivity index (χ2n) is 4.59. The van der Waals surface area contributed by atoms with Gasteiger partial charge in [0.05, 0.1) is 0 Å². The lowest BCUT2D eigenvalue weighted by molar-refractivity contribution is 0.384. The predicted molar refractivity (Wildman–Crippen MR) is 60.5 cm³/mol. The number of rotatable bonds is 4. The zero-order valence-corrected chi connectivity index (χ0v) is 9.85. The van der Waals surface area contributed by atoms with Crippen LogP contribution in [0.25, 0.3) is 0 Å². The average Bonchev–Trinajstić information content (AvgIpc) is 2.02. The number of hydrogen-bond acceptors (Lipinski definition) is 0. The Morgan fingerprint density at radius 3 is 2.08 bits per heavy atom. The molecule has 1 atom stereocenters. The Bertz CT molecular complexity index is 166. The third-order valence-electron chi connectivity index (χ3n) is 2.49. The Morgan fingerprint density at radius 2 is 1.62 bits per heavy atom. The van der Waals surface area contributed by atoms with Crippen molar-refractivity contribution in [1.29, 1.82) is 0 Å². The minimum atomic E-state index is 0.530. The van der Waals surface area contributed by atoms with Crippen LogP contribution in [0, 0.1) is 29.6 Å². The first-order valence-electron chi connectivity index (χ1n) is 5.52. The van der Waals surface area contributed by atoms with Crippen molar-refractivity contribution in [3.63, 3.8) is 0 Å². The summed E-state index contributed by atoms with van der Waals surface area (Å²) in [5.74, 6) is 8.62. The van der Waals surface area contributed by atoms with Crippen LogP contribution >= 0.6 is 0 Å². The van der Waals surface area contributed by atoms with Crippen LogP contribution in [0.3, 0.4) is 0 Å². The highest BCUT2D eigenvalue weighted by Crippen LogP contribution is 2.16. The van der Waals surface area contributed by atoms with Gasteiger partial charge in [-0.2, -0.15) is 0 Å². The fourth-order valence-electron chi connectivity index (χ4n) is 1.12. The second-order valence-corrected chi connectivity index (χ2v) is 4.59. The average molecular weight is 180 g/mol. The quantitative estimate of drug-likeness (QED) is 0.451. The van der Waals surface area contributed by atoms with Crippen LogP contribution in [-0.4, -0.2) is 0 Å². The van der Waals surface area contributed by atoms with Crippen LogP contribution in [0.5, 0.6) is 0 Å². The van der Waals surface area contributed by atoms with Crippen LogP contribution in [0.4, 0.5) is 0 Å². The Labute approximate surface area is 84.1 Å². The van der Waals surface area contributed by atoms with Gasteiger partial charge in [-0.25, -0.2) is 0 Å². The fourth-order valence-corrected chi connectivity index (χ4v) is 1.12. The second kappa shape index (κ2) is 7.01. The molecule has 76 valence electrons. The van der Waals surface area contributed by atoms with Crippen LogP contribution in [0.15, 0.2) is 0 Å². The summed E-state index contributed by atoms with van der Waals surface area (Å²) in [6.07, 6.45) is 3.67. The molecule has 0 nitrogen and oxygen atoms in total. The lowest BCUT2D eigenvalue weighted by Crippen LogP contribution is -2.02. The molecule has 0 radical (unpaired) electrons. The van der Waals surface area contributed by atoms with Gasteiger partial charge in [0.1, 0.15) is 0 Å². The van der Waals surface area contributed by atoms with Crippen LogP contribution < -0.4 is 0 Å². The molecule has 0 N–H and O–H groups in total. The van der Waals surface area contributed by atoms with Gasteiger partial charge in [0.15, 0.2) is 0 Å². The highest BCUT2D eigenvalue weighted by Gasteiger charge is 2.05. The minimum absolute atomic E-state index is 0.530. The fraction of sp³-hybridized carbons (Fsp3) is 0.846. The van der Waals surface area contributed by atoms with E-state index in [-0.39, 0.29) is 0 Å². The predicted octanol–water partition coefficient (Wildman–Crippen LogP) is 4.11. The maximum absolute atomic E-state index is 3.23. The van der Waals surface area contributed by atoms with E-state index in [9.17, 15) is 0 Å². The van der Waals surface area contributed by atoms with Gasteiger partial charge in [-0.05, 0) is 24.7 Å². The van der Waals surface area contributed by atoms with Gasteiger partial charge in [0.2, 0.25) is 0 Å². The third kappa shape index (κ3) is 7.91. The van der Waals surface area contributed by atoms with Gasteiger partial charge in [-0.3, -0.25) is 0 Å². The molecule has 0 saturated carbocycles. The monoisotopic (exact) mass is 180 g/mol. The van der Waals surface area contributed by atoms with Crippen molar-refractivity contribution in [2.75, 3.05) is 0 Å². The van der Waals surface area contributed by atoms with Crippen LogP contribution in [0.1, 0.15) is 53.9 Å². The van der Waals surface area contributed by atoms with Crippen molar-refractivity contribution in [1.82, 2.24) is 0 Å². The Kier molecular flexibility index (Phi) is 6.77. The molecule has 0 rings (SSSR count). The molecule has 0 aromatic carbocycles. The molecule has 0 heteroatoms. The molecule has 13 heavy (non-hydrogen) atoms. The first kappa shape index (κ1) is 12.6. The highest BCUT2D eigenvalue weighted by atomic mass is 14.1. The Morgan fingerprint density at radius 1 is 1.00 bits per heavy atom. The lowest BCUT2D eigenvalue weighted by atomic mass is 9.93. The molecule has 0 amide bonds. The topological polar surface area (TPSA) is 0 Å². The zero-order chi connectivity index (χ0) is 10.3. The first-order valence-corrected chi connectivity index (χ1v) is 5.52. The summed E-state index contributed by atoms with van der Waals surface area (Å²) in [5, 5.41) is 0. The van der Waals surface area contributed by atoms with Gasteiger partial charge in [-0.1, -0.05) is 34.6 Å². The third-order valence-corrected chi connectivity index (χ3v) is 2.49. The molecule has 0 aliphatic carbocycles. The van der Waals surface area contributed by atoms with Gasteiger partial charge >= 0.3 is 0 Å². The van der Waals surface area contributed by atoms with Crippen molar-refractivity contribution >= 4 is 0 Å². The van der Waals surface area contributed by atoms with Gasteiger partial charge in [0.25, 0.3) is 0 Å². The molecular formula is C13H24. The molecule has 0 unspecified atom stereocenters. The van der Waals surface area contributed by atoms with Crippen molar-refractivity contribution in [2.45, 2.75) is 53.9 Å². The Hall–Kier alpha value is -0.440. The summed E-state index contributed by atoms with van der Waals surface area (Å²) in [6.45, 7) is 11.2. The van der Waals surface area contributed by atoms with Gasteiger partial charge < -0.3 is 0 Å². The van der Waals surface area contributed by atoms with E-state index >= 15 is 0 Å². The van der Waals surface area contributed by atoms with Crippen molar-refractivity contribution in [3.8, 4) is 11.8 Å². The smallest absolute Gasteiger partial charge is 0.0146 e. The van der Waals surface area contributed by atoms with Gasteiger partial charge in [-0.15, -0.1) is 11.8 Å². The standard InChI is InChI=1S/C13H24/c1-11(2)9-7-6-8-10-13(5)12(3)4/h11-13H,6,8,10H2,1-5H3/t13-/m1/s1. The maximum Gasteiger partial charge on any atom is 0.0146 e. The summed E-state index contributed by atoms with van der Waals surface area (Å²) in [4.78, 5) is 0. The normalized spacial score (nSPS) is 12.8. The van der Waals surface area contributed by atoms with E-state index in [1.54, 1.807) is 0 Å². The van der Waals surface area contributed by atoms with E-state index in [1.165, 1.54) is 12.8 Å². The molecule has 0 spiro atoms. The van der Waals surface area contributed by atoms with E-state index in [0.717, 1.165) is 18.3 Å². The summed E-state index contributed by atoms with van der Waals surface area (Å²) in [7, 11) is 0. The zero-order valence-electron chi connectivity index (χ0n) is 9.85. The number of hydrogen-bond donors (Lipinski definition) is 0.